The van der Waals surface area contributed by atoms with E-state index in [0.717, 1.165) is 5.39 Å². The molecular formula is C28H32ClFN7O7P. The molecule has 5 N–H and O–H groups in total. The largest absolute Gasteiger partial charge is 0.462 e. The SMILES string of the molecule is CNc1nc(N)nc2c1ncn2[C@@H]1O[C@]2(CCl)C(O[P@](=O)(N[C@H](C)C(=O)OC(C)C)Oc3cccc4ccccc34)[C@]2(O)[C@@H]1F. The summed E-state index contributed by atoms with van der Waals surface area (Å²) in [5.41, 5.74) is 2.05. The minimum atomic E-state index is -4.59. The number of nitrogen functional groups attached to an aromatic ring is 1. The predicted octanol–water partition coefficient (Wildman–Crippen LogP) is 3.69. The Morgan fingerprint density at radius 1 is 1.24 bits per heavy atom. The van der Waals surface area contributed by atoms with Gasteiger partial charge < -0.3 is 30.2 Å². The number of ether oxygens (including phenoxy) is 2. The molecule has 14 nitrogen and oxygen atoms in total. The molecule has 0 radical (unpaired) electrons. The van der Waals surface area contributed by atoms with Gasteiger partial charge in [-0.2, -0.15) is 15.1 Å². The molecule has 2 aromatic carbocycles. The quantitative estimate of drug-likeness (QED) is 0.104. The summed E-state index contributed by atoms with van der Waals surface area (Å²) in [6, 6.07) is 11.1. The van der Waals surface area contributed by atoms with Gasteiger partial charge in [-0.1, -0.05) is 36.4 Å². The minimum absolute atomic E-state index is 0.0955. The number of carbonyl (C=O) groups is 1. The molecular weight excluding hydrogens is 632 g/mol. The first-order chi connectivity index (χ1) is 21.4. The first kappa shape index (κ1) is 31.4. The Morgan fingerprint density at radius 3 is 2.67 bits per heavy atom. The number of benzene rings is 2. The molecule has 3 heterocycles. The van der Waals surface area contributed by atoms with Gasteiger partial charge in [0.25, 0.3) is 0 Å². The zero-order chi connectivity index (χ0) is 32.3. The number of esters is 1. The molecule has 1 aliphatic carbocycles. The van der Waals surface area contributed by atoms with E-state index in [1.807, 2.05) is 18.2 Å². The van der Waals surface area contributed by atoms with Crippen molar-refractivity contribution in [3.63, 3.8) is 0 Å². The summed E-state index contributed by atoms with van der Waals surface area (Å²) >= 11 is 6.30. The minimum Gasteiger partial charge on any atom is -0.462 e. The second-order valence-corrected chi connectivity index (χ2v) is 13.1. The Morgan fingerprint density at radius 2 is 1.98 bits per heavy atom. The molecule has 1 aliphatic heterocycles. The standard InChI is InChI=1S/C28H32ClFN7O7P/c1-14(2)41-24(38)15(3)36-45(40,43-18-11-7-9-16-8-5-6-10-17(16)18)44-25-27(12-29)28(25,39)20(30)23(42-27)37-13-33-19-21(32-4)34-26(31)35-22(19)37/h5-11,13-15,20,23,25,39H,12H2,1-4H3,(H,36,40)(H3,31,32,34,35)/t15-,20-,23-,25?,27-,28-,45+/m1/s1. The van der Waals surface area contributed by atoms with Gasteiger partial charge in [-0.25, -0.2) is 13.9 Å². The van der Waals surface area contributed by atoms with Gasteiger partial charge in [0, 0.05) is 12.4 Å². The summed E-state index contributed by atoms with van der Waals surface area (Å²) in [7, 11) is -2.97. The fraction of sp³-hybridized carbons (Fsp3) is 0.429. The highest BCUT2D eigenvalue weighted by Crippen LogP contribution is 2.69. The highest BCUT2D eigenvalue weighted by Gasteiger charge is 2.90. The van der Waals surface area contributed by atoms with Crippen molar-refractivity contribution in [3.05, 3.63) is 48.8 Å². The maximum Gasteiger partial charge on any atom is 0.459 e. The molecule has 2 aliphatic rings. The van der Waals surface area contributed by atoms with Crippen molar-refractivity contribution in [2.45, 2.75) is 62.6 Å². The number of imidazole rings is 1. The van der Waals surface area contributed by atoms with Gasteiger partial charge in [-0.15, -0.1) is 11.6 Å². The van der Waals surface area contributed by atoms with Crippen molar-refractivity contribution in [1.29, 1.82) is 0 Å². The van der Waals surface area contributed by atoms with Crippen LogP contribution in [0, 0.1) is 0 Å². The van der Waals surface area contributed by atoms with Gasteiger partial charge >= 0.3 is 13.7 Å². The van der Waals surface area contributed by atoms with Crippen molar-refractivity contribution in [2.24, 2.45) is 0 Å². The monoisotopic (exact) mass is 663 g/mol. The third-order valence-electron chi connectivity index (χ3n) is 7.84. The number of halogens is 2. The molecule has 1 saturated heterocycles. The van der Waals surface area contributed by atoms with E-state index in [0.29, 0.717) is 16.7 Å². The molecule has 0 bridgehead atoms. The fourth-order valence-electron chi connectivity index (χ4n) is 5.62. The predicted molar refractivity (Wildman–Crippen MR) is 164 cm³/mol. The zero-order valence-corrected chi connectivity index (χ0v) is 26.3. The smallest absolute Gasteiger partial charge is 0.459 e. The molecule has 1 saturated carbocycles. The number of anilines is 2. The zero-order valence-electron chi connectivity index (χ0n) is 24.7. The van der Waals surface area contributed by atoms with E-state index in [1.165, 1.54) is 17.8 Å². The Labute approximate surface area is 261 Å². The normalized spacial score (nSPS) is 27.7. The van der Waals surface area contributed by atoms with E-state index in [9.17, 15) is 14.5 Å². The Balaban J connectivity index is 1.33. The van der Waals surface area contributed by atoms with E-state index in [1.54, 1.807) is 45.2 Å². The molecule has 2 aromatic heterocycles. The van der Waals surface area contributed by atoms with Crippen LogP contribution in [0.3, 0.4) is 0 Å². The van der Waals surface area contributed by atoms with E-state index >= 15 is 4.39 Å². The first-order valence-corrected chi connectivity index (χ1v) is 16.2. The molecule has 6 rings (SSSR count). The topological polar surface area (TPSA) is 185 Å². The van der Waals surface area contributed by atoms with Crippen molar-refractivity contribution >= 4 is 59.0 Å². The number of aromatic nitrogens is 4. The van der Waals surface area contributed by atoms with E-state index in [-0.39, 0.29) is 17.3 Å². The molecule has 45 heavy (non-hydrogen) atoms. The number of nitrogens with two attached hydrogens (primary N) is 1. The number of carbonyl (C=O) groups excluding carboxylic acids is 1. The Bertz CT molecular complexity index is 1820. The number of fused-ring (bicyclic) bond motifs is 3. The molecule has 2 fully saturated rings. The Kier molecular flexibility index (Phi) is 7.91. The van der Waals surface area contributed by atoms with Gasteiger partial charge in [-0.05, 0) is 32.2 Å². The maximum atomic E-state index is 16.3. The summed E-state index contributed by atoms with van der Waals surface area (Å²) in [5, 5.41) is 18.5. The molecule has 1 unspecified atom stereocenters. The van der Waals surface area contributed by atoms with Crippen molar-refractivity contribution in [2.75, 3.05) is 24.0 Å². The van der Waals surface area contributed by atoms with Crippen LogP contribution in [0.15, 0.2) is 48.8 Å². The first-order valence-electron chi connectivity index (χ1n) is 14.1. The van der Waals surface area contributed by atoms with Crippen molar-refractivity contribution < 1.29 is 37.4 Å². The van der Waals surface area contributed by atoms with Crippen LogP contribution < -0.4 is 20.7 Å². The van der Waals surface area contributed by atoms with Crippen LogP contribution in [-0.2, 0) is 23.4 Å². The van der Waals surface area contributed by atoms with Gasteiger partial charge in [0.05, 0.1) is 18.3 Å². The summed E-state index contributed by atoms with van der Waals surface area (Å²) in [5.74, 6) is -0.808. The lowest BCUT2D eigenvalue weighted by Gasteiger charge is -2.27. The van der Waals surface area contributed by atoms with Crippen LogP contribution in [0.2, 0.25) is 0 Å². The average Bonchev–Trinajstić information content (AvgIpc) is 3.23. The highest BCUT2D eigenvalue weighted by molar-refractivity contribution is 7.52. The van der Waals surface area contributed by atoms with Crippen LogP contribution in [0.4, 0.5) is 16.2 Å². The third-order valence-corrected chi connectivity index (χ3v) is 9.86. The molecule has 0 amide bonds. The lowest BCUT2D eigenvalue weighted by Crippen LogP contribution is -2.38. The van der Waals surface area contributed by atoms with Crippen LogP contribution in [-0.4, -0.2) is 79.1 Å². The Hall–Kier alpha value is -3.59. The molecule has 0 spiro atoms. The number of alkyl halides is 2. The summed E-state index contributed by atoms with van der Waals surface area (Å²) in [4.78, 5) is 25.2. The van der Waals surface area contributed by atoms with Crippen LogP contribution in [0.5, 0.6) is 5.75 Å². The maximum absolute atomic E-state index is 16.3. The van der Waals surface area contributed by atoms with Crippen LogP contribution in [0.1, 0.15) is 27.0 Å². The van der Waals surface area contributed by atoms with Crippen molar-refractivity contribution in [3.8, 4) is 5.75 Å². The highest BCUT2D eigenvalue weighted by atomic mass is 35.5. The van der Waals surface area contributed by atoms with Gasteiger partial charge in [0.15, 0.2) is 35.0 Å². The van der Waals surface area contributed by atoms with E-state index < -0.39 is 61.4 Å². The van der Waals surface area contributed by atoms with Crippen LogP contribution in [0.25, 0.3) is 21.9 Å². The van der Waals surface area contributed by atoms with E-state index in [4.69, 9.17) is 35.9 Å². The summed E-state index contributed by atoms with van der Waals surface area (Å²) < 4.78 is 55.2. The number of aliphatic hydroxyl groups is 1. The van der Waals surface area contributed by atoms with Gasteiger partial charge in [0.2, 0.25) is 5.95 Å². The van der Waals surface area contributed by atoms with Gasteiger partial charge in [0.1, 0.15) is 23.5 Å². The summed E-state index contributed by atoms with van der Waals surface area (Å²) in [6.07, 6.45) is -4.37. The number of nitrogens with zero attached hydrogens (tertiary/aromatic N) is 4. The number of nitrogens with one attached hydrogen (secondary N) is 2. The number of rotatable bonds is 11. The average molecular weight is 664 g/mol. The van der Waals surface area contributed by atoms with Crippen LogP contribution >= 0.6 is 19.3 Å². The lowest BCUT2D eigenvalue weighted by atomic mass is 10.1. The number of hydrogen-bond acceptors (Lipinski definition) is 12. The molecule has 7 atom stereocenters. The third kappa shape index (κ3) is 5.07. The second-order valence-electron chi connectivity index (χ2n) is 11.2. The molecule has 17 heteroatoms. The van der Waals surface area contributed by atoms with E-state index in [2.05, 4.69) is 25.4 Å². The fourth-order valence-corrected chi connectivity index (χ4v) is 7.80. The molecule has 4 aromatic rings. The molecule has 240 valence electrons. The van der Waals surface area contributed by atoms with Crippen molar-refractivity contribution in [1.82, 2.24) is 24.6 Å². The summed E-state index contributed by atoms with van der Waals surface area (Å²) in [6.45, 7) is 4.74. The van der Waals surface area contributed by atoms with Gasteiger partial charge in [-0.3, -0.25) is 13.9 Å². The lowest BCUT2D eigenvalue weighted by molar-refractivity contribution is -0.149. The second kappa shape index (κ2) is 11.3. The number of hydrogen-bond donors (Lipinski definition) is 4.